The number of hydrogen-bond donors (Lipinski definition) is 0. The van der Waals surface area contributed by atoms with Gasteiger partial charge in [0.05, 0.1) is 13.0 Å². The van der Waals surface area contributed by atoms with Crippen LogP contribution in [0.2, 0.25) is 0 Å². The number of likely N-dealkylation sites (tertiary alicyclic amines) is 1. The Bertz CT molecular complexity index is 539. The van der Waals surface area contributed by atoms with Gasteiger partial charge in [-0.1, -0.05) is 12.1 Å². The molecule has 1 aliphatic heterocycles. The maximum atomic E-state index is 12.3. The molecular formula is C17H24N2O3. The van der Waals surface area contributed by atoms with E-state index >= 15 is 0 Å². The topological polar surface area (TPSA) is 49.9 Å². The van der Waals surface area contributed by atoms with Crippen molar-refractivity contribution in [2.75, 3.05) is 20.7 Å². The van der Waals surface area contributed by atoms with Crippen LogP contribution < -0.4 is 4.74 Å². The maximum absolute atomic E-state index is 12.3. The van der Waals surface area contributed by atoms with Gasteiger partial charge in [-0.2, -0.15) is 0 Å². The summed E-state index contributed by atoms with van der Waals surface area (Å²) in [5, 5.41) is 0. The minimum absolute atomic E-state index is 0.0475. The van der Waals surface area contributed by atoms with Crippen molar-refractivity contribution in [3.05, 3.63) is 29.8 Å². The molecule has 0 spiro atoms. The van der Waals surface area contributed by atoms with Crippen LogP contribution in [0.5, 0.6) is 5.75 Å². The highest BCUT2D eigenvalue weighted by Gasteiger charge is 2.36. The lowest BCUT2D eigenvalue weighted by molar-refractivity contribution is -0.136. The van der Waals surface area contributed by atoms with Crippen molar-refractivity contribution in [3.63, 3.8) is 0 Å². The molecule has 5 heteroatoms. The number of carbonyl (C=O) groups is 2. The van der Waals surface area contributed by atoms with E-state index in [4.69, 9.17) is 4.74 Å². The van der Waals surface area contributed by atoms with Crippen LogP contribution in [-0.2, 0) is 16.1 Å². The van der Waals surface area contributed by atoms with Gasteiger partial charge in [0.1, 0.15) is 5.75 Å². The molecule has 0 saturated carbocycles. The second-order valence-corrected chi connectivity index (χ2v) is 6.07. The quantitative estimate of drug-likeness (QED) is 0.835. The SMILES string of the molecule is COc1ccc(CN2C[C@H](C(=O)N(C)C(C)C)CC2=O)cc1. The minimum Gasteiger partial charge on any atom is -0.497 e. The lowest BCUT2D eigenvalue weighted by Gasteiger charge is -2.24. The molecule has 0 aliphatic carbocycles. The monoisotopic (exact) mass is 304 g/mol. The van der Waals surface area contributed by atoms with Gasteiger partial charge in [-0.25, -0.2) is 0 Å². The highest BCUT2D eigenvalue weighted by Crippen LogP contribution is 2.23. The van der Waals surface area contributed by atoms with Gasteiger partial charge in [-0.3, -0.25) is 9.59 Å². The Morgan fingerprint density at radius 3 is 2.55 bits per heavy atom. The van der Waals surface area contributed by atoms with E-state index in [1.807, 2.05) is 38.1 Å². The van der Waals surface area contributed by atoms with E-state index in [2.05, 4.69) is 0 Å². The highest BCUT2D eigenvalue weighted by molar-refractivity contribution is 5.89. The fourth-order valence-electron chi connectivity index (χ4n) is 2.58. The molecule has 22 heavy (non-hydrogen) atoms. The molecule has 1 atom stereocenters. The van der Waals surface area contributed by atoms with Crippen LogP contribution in [0.1, 0.15) is 25.8 Å². The summed E-state index contributed by atoms with van der Waals surface area (Å²) < 4.78 is 5.13. The van der Waals surface area contributed by atoms with Crippen molar-refractivity contribution in [1.29, 1.82) is 0 Å². The molecule has 1 aromatic rings. The van der Waals surface area contributed by atoms with E-state index in [-0.39, 0.29) is 23.8 Å². The first-order chi connectivity index (χ1) is 10.4. The third kappa shape index (κ3) is 3.59. The van der Waals surface area contributed by atoms with Crippen molar-refractivity contribution in [3.8, 4) is 5.75 Å². The third-order valence-corrected chi connectivity index (χ3v) is 4.22. The van der Waals surface area contributed by atoms with Crippen molar-refractivity contribution in [2.24, 2.45) is 5.92 Å². The molecule has 0 radical (unpaired) electrons. The smallest absolute Gasteiger partial charge is 0.227 e. The van der Waals surface area contributed by atoms with E-state index in [0.29, 0.717) is 19.5 Å². The second-order valence-electron chi connectivity index (χ2n) is 6.07. The number of ether oxygens (including phenoxy) is 1. The van der Waals surface area contributed by atoms with Gasteiger partial charge in [-0.15, -0.1) is 0 Å². The van der Waals surface area contributed by atoms with Crippen molar-refractivity contribution in [1.82, 2.24) is 9.80 Å². The van der Waals surface area contributed by atoms with E-state index in [1.54, 1.807) is 24.0 Å². The Kier molecular flexibility index (Phi) is 5.06. The molecule has 1 fully saturated rings. The zero-order valence-electron chi connectivity index (χ0n) is 13.7. The summed E-state index contributed by atoms with van der Waals surface area (Å²) in [6.45, 7) is 4.99. The van der Waals surface area contributed by atoms with Crippen LogP contribution in [0.15, 0.2) is 24.3 Å². The number of amides is 2. The van der Waals surface area contributed by atoms with Crippen molar-refractivity contribution < 1.29 is 14.3 Å². The maximum Gasteiger partial charge on any atom is 0.227 e. The molecule has 1 saturated heterocycles. The van der Waals surface area contributed by atoms with E-state index in [9.17, 15) is 9.59 Å². The van der Waals surface area contributed by atoms with Gasteiger partial charge in [-0.05, 0) is 31.5 Å². The molecule has 0 bridgehead atoms. The molecule has 1 aromatic carbocycles. The lowest BCUT2D eigenvalue weighted by Crippen LogP contribution is -2.38. The zero-order chi connectivity index (χ0) is 16.3. The predicted molar refractivity (Wildman–Crippen MR) is 84.4 cm³/mol. The molecule has 0 unspecified atom stereocenters. The summed E-state index contributed by atoms with van der Waals surface area (Å²) in [6.07, 6.45) is 0.312. The number of carbonyl (C=O) groups excluding carboxylic acids is 2. The molecular weight excluding hydrogens is 280 g/mol. The van der Waals surface area contributed by atoms with Gasteiger partial charge in [0, 0.05) is 32.6 Å². The average molecular weight is 304 g/mol. The Hall–Kier alpha value is -2.04. The normalized spacial score (nSPS) is 18.0. The van der Waals surface area contributed by atoms with E-state index < -0.39 is 0 Å². The summed E-state index contributed by atoms with van der Waals surface area (Å²) >= 11 is 0. The number of benzene rings is 1. The van der Waals surface area contributed by atoms with Crippen LogP contribution in [0, 0.1) is 5.92 Å². The third-order valence-electron chi connectivity index (χ3n) is 4.22. The summed E-state index contributed by atoms with van der Waals surface area (Å²) in [7, 11) is 3.42. The Balaban J connectivity index is 1.98. The van der Waals surface area contributed by atoms with Crippen LogP contribution in [0.3, 0.4) is 0 Å². The molecule has 1 aliphatic rings. The second kappa shape index (κ2) is 6.81. The van der Waals surface area contributed by atoms with Crippen LogP contribution in [0.4, 0.5) is 0 Å². The minimum atomic E-state index is -0.224. The van der Waals surface area contributed by atoms with Gasteiger partial charge >= 0.3 is 0 Å². The Morgan fingerprint density at radius 2 is 2.00 bits per heavy atom. The molecule has 2 rings (SSSR count). The Labute approximate surface area is 131 Å². The van der Waals surface area contributed by atoms with Crippen molar-refractivity contribution in [2.45, 2.75) is 32.9 Å². The predicted octanol–water partition coefficient (Wildman–Crippen LogP) is 1.91. The first-order valence-corrected chi connectivity index (χ1v) is 7.59. The number of nitrogens with zero attached hydrogens (tertiary/aromatic N) is 2. The molecule has 1 heterocycles. The average Bonchev–Trinajstić information content (AvgIpc) is 2.87. The molecule has 2 amide bonds. The fourth-order valence-corrected chi connectivity index (χ4v) is 2.58. The fraction of sp³-hybridized carbons (Fsp3) is 0.529. The first-order valence-electron chi connectivity index (χ1n) is 7.59. The molecule has 5 nitrogen and oxygen atoms in total. The zero-order valence-corrected chi connectivity index (χ0v) is 13.7. The van der Waals surface area contributed by atoms with E-state index in [0.717, 1.165) is 11.3 Å². The molecule has 0 aromatic heterocycles. The van der Waals surface area contributed by atoms with Crippen LogP contribution >= 0.6 is 0 Å². The van der Waals surface area contributed by atoms with E-state index in [1.165, 1.54) is 0 Å². The Morgan fingerprint density at radius 1 is 1.36 bits per heavy atom. The number of hydrogen-bond acceptors (Lipinski definition) is 3. The lowest BCUT2D eigenvalue weighted by atomic mass is 10.1. The number of methoxy groups -OCH3 is 1. The summed E-state index contributed by atoms with van der Waals surface area (Å²) in [5.41, 5.74) is 1.04. The van der Waals surface area contributed by atoms with Gasteiger partial charge in [0.15, 0.2) is 0 Å². The molecule has 120 valence electrons. The molecule has 0 N–H and O–H groups in total. The van der Waals surface area contributed by atoms with Gasteiger partial charge in [0.25, 0.3) is 0 Å². The highest BCUT2D eigenvalue weighted by atomic mass is 16.5. The van der Waals surface area contributed by atoms with Gasteiger partial charge < -0.3 is 14.5 Å². The first kappa shape index (κ1) is 16.3. The standard InChI is InChI=1S/C17H24N2O3/c1-12(2)18(3)17(21)14-9-16(20)19(11-14)10-13-5-7-15(22-4)8-6-13/h5-8,12,14H,9-11H2,1-4H3/t14-/m1/s1. The summed E-state index contributed by atoms with van der Waals surface area (Å²) in [6, 6.07) is 7.80. The summed E-state index contributed by atoms with van der Waals surface area (Å²) in [4.78, 5) is 28.0. The number of rotatable bonds is 5. The summed E-state index contributed by atoms with van der Waals surface area (Å²) in [5.74, 6) is 0.674. The van der Waals surface area contributed by atoms with Crippen LogP contribution in [-0.4, -0.2) is 48.4 Å². The van der Waals surface area contributed by atoms with Crippen molar-refractivity contribution >= 4 is 11.8 Å². The van der Waals surface area contributed by atoms with Crippen LogP contribution in [0.25, 0.3) is 0 Å². The largest absolute Gasteiger partial charge is 0.497 e. The van der Waals surface area contributed by atoms with Gasteiger partial charge in [0.2, 0.25) is 11.8 Å².